The first-order chi connectivity index (χ1) is 7.82. The van der Waals surface area contributed by atoms with E-state index in [1.54, 1.807) is 0 Å². The molecule has 0 saturated carbocycles. The zero-order valence-corrected chi connectivity index (χ0v) is 11.4. The summed E-state index contributed by atoms with van der Waals surface area (Å²) in [5, 5.41) is 3.40. The van der Waals surface area contributed by atoms with E-state index >= 15 is 0 Å². The van der Waals surface area contributed by atoms with Crippen LogP contribution in [0.1, 0.15) is 50.7 Å². The summed E-state index contributed by atoms with van der Waals surface area (Å²) in [6.45, 7) is 8.23. The Bertz CT molecular complexity index is 398. The third kappa shape index (κ3) is 3.37. The van der Waals surface area contributed by atoms with Gasteiger partial charge in [0.2, 0.25) is 0 Å². The van der Waals surface area contributed by atoms with E-state index in [0.29, 0.717) is 5.02 Å². The molecule has 3 N–H and O–H groups in total. The van der Waals surface area contributed by atoms with Gasteiger partial charge >= 0.3 is 6.03 Å². The molecular weight excluding hydrogens is 236 g/mol. The fourth-order valence-electron chi connectivity index (χ4n) is 1.83. The predicted octanol–water partition coefficient (Wildman–Crippen LogP) is 4.08. The van der Waals surface area contributed by atoms with Crippen LogP contribution in [-0.2, 0) is 0 Å². The number of benzene rings is 1. The lowest BCUT2D eigenvalue weighted by atomic mass is 9.92. The maximum atomic E-state index is 11.1. The fourth-order valence-corrected chi connectivity index (χ4v) is 2.06. The lowest BCUT2D eigenvalue weighted by molar-refractivity contribution is 0.259. The van der Waals surface area contributed by atoms with Gasteiger partial charge in [-0.3, -0.25) is 0 Å². The molecule has 4 heteroatoms. The van der Waals surface area contributed by atoms with Crippen molar-refractivity contribution in [2.75, 3.05) is 5.32 Å². The van der Waals surface area contributed by atoms with E-state index in [1.807, 2.05) is 12.1 Å². The van der Waals surface area contributed by atoms with Crippen LogP contribution >= 0.6 is 11.6 Å². The van der Waals surface area contributed by atoms with Crippen LogP contribution in [0.4, 0.5) is 10.5 Å². The first-order valence-corrected chi connectivity index (χ1v) is 6.10. The largest absolute Gasteiger partial charge is 0.351 e. The second-order valence-electron chi connectivity index (χ2n) is 4.76. The summed E-state index contributed by atoms with van der Waals surface area (Å²) in [6.07, 6.45) is 0. The summed E-state index contributed by atoms with van der Waals surface area (Å²) in [6, 6.07) is 3.21. The van der Waals surface area contributed by atoms with Gasteiger partial charge in [-0.2, -0.15) is 0 Å². The Morgan fingerprint density at radius 2 is 1.59 bits per heavy atom. The molecule has 1 aromatic carbocycles. The number of urea groups is 1. The van der Waals surface area contributed by atoms with Crippen LogP contribution in [-0.4, -0.2) is 6.03 Å². The molecule has 0 unspecified atom stereocenters. The molecule has 0 radical (unpaired) electrons. The van der Waals surface area contributed by atoms with Crippen molar-refractivity contribution in [2.24, 2.45) is 5.73 Å². The first-order valence-electron chi connectivity index (χ1n) is 5.72. The molecule has 17 heavy (non-hydrogen) atoms. The number of hydrogen-bond donors (Lipinski definition) is 2. The van der Waals surface area contributed by atoms with Crippen molar-refractivity contribution in [3.05, 3.63) is 28.3 Å². The molecule has 0 aromatic heterocycles. The number of hydrogen-bond acceptors (Lipinski definition) is 1. The van der Waals surface area contributed by atoms with Gasteiger partial charge < -0.3 is 11.1 Å². The second-order valence-corrected chi connectivity index (χ2v) is 5.19. The molecule has 0 saturated heterocycles. The maximum Gasteiger partial charge on any atom is 0.316 e. The number of nitrogens with two attached hydrogens (primary N) is 1. The van der Waals surface area contributed by atoms with Crippen molar-refractivity contribution in [1.29, 1.82) is 0 Å². The maximum absolute atomic E-state index is 11.1. The molecule has 0 heterocycles. The SMILES string of the molecule is CC(C)c1cc(Cl)cc(C(C)C)c1NC(N)=O. The number of rotatable bonds is 3. The van der Waals surface area contributed by atoms with E-state index in [4.69, 9.17) is 17.3 Å². The van der Waals surface area contributed by atoms with Gasteiger partial charge in [-0.05, 0) is 35.1 Å². The highest BCUT2D eigenvalue weighted by molar-refractivity contribution is 6.30. The van der Waals surface area contributed by atoms with E-state index in [2.05, 4.69) is 33.0 Å². The number of nitrogens with one attached hydrogen (secondary N) is 1. The number of amides is 2. The van der Waals surface area contributed by atoms with E-state index in [0.717, 1.165) is 16.8 Å². The Balaban J connectivity index is 3.41. The van der Waals surface area contributed by atoms with Crippen LogP contribution < -0.4 is 11.1 Å². The molecular formula is C13H19ClN2O. The number of halogens is 1. The summed E-state index contributed by atoms with van der Waals surface area (Å²) in [7, 11) is 0. The van der Waals surface area contributed by atoms with Crippen molar-refractivity contribution in [2.45, 2.75) is 39.5 Å². The monoisotopic (exact) mass is 254 g/mol. The van der Waals surface area contributed by atoms with Crippen LogP contribution in [0, 0.1) is 0 Å². The Morgan fingerprint density at radius 1 is 1.18 bits per heavy atom. The van der Waals surface area contributed by atoms with Gasteiger partial charge in [0.1, 0.15) is 0 Å². The van der Waals surface area contributed by atoms with Gasteiger partial charge in [-0.25, -0.2) is 4.79 Å². The molecule has 0 spiro atoms. The topological polar surface area (TPSA) is 55.1 Å². The third-order valence-corrected chi connectivity index (χ3v) is 2.87. The summed E-state index contributed by atoms with van der Waals surface area (Å²) < 4.78 is 0. The zero-order valence-electron chi connectivity index (χ0n) is 10.7. The summed E-state index contributed by atoms with van der Waals surface area (Å²) >= 11 is 6.10. The summed E-state index contributed by atoms with van der Waals surface area (Å²) in [5.74, 6) is 0.543. The molecule has 0 aliphatic carbocycles. The Kier molecular flexibility index (Phi) is 4.40. The number of carbonyl (C=O) groups excluding carboxylic acids is 1. The standard InChI is InChI=1S/C13H19ClN2O/c1-7(2)10-5-9(14)6-11(8(3)4)12(10)16-13(15)17/h5-8H,1-4H3,(H3,15,16,17). The minimum Gasteiger partial charge on any atom is -0.351 e. The molecule has 0 fully saturated rings. The molecule has 2 amide bonds. The molecule has 3 nitrogen and oxygen atoms in total. The van der Waals surface area contributed by atoms with Crippen molar-refractivity contribution >= 4 is 23.3 Å². The molecule has 0 aliphatic rings. The lowest BCUT2D eigenvalue weighted by Crippen LogP contribution is -2.21. The molecule has 1 aromatic rings. The summed E-state index contributed by atoms with van der Waals surface area (Å²) in [5.41, 5.74) is 8.04. The fraction of sp³-hybridized carbons (Fsp3) is 0.462. The van der Waals surface area contributed by atoms with Crippen molar-refractivity contribution in [3.63, 3.8) is 0 Å². The molecule has 0 bridgehead atoms. The van der Waals surface area contributed by atoms with Gasteiger partial charge in [0.05, 0.1) is 0 Å². The number of carbonyl (C=O) groups is 1. The normalized spacial score (nSPS) is 11.0. The Hall–Kier alpha value is -1.22. The highest BCUT2D eigenvalue weighted by atomic mass is 35.5. The van der Waals surface area contributed by atoms with Crippen LogP contribution in [0.3, 0.4) is 0 Å². The molecule has 0 atom stereocenters. The second kappa shape index (κ2) is 5.41. The van der Waals surface area contributed by atoms with Crippen LogP contribution in [0.15, 0.2) is 12.1 Å². The number of primary amides is 1. The quantitative estimate of drug-likeness (QED) is 0.839. The first kappa shape index (κ1) is 13.8. The van der Waals surface area contributed by atoms with E-state index < -0.39 is 6.03 Å². The minimum atomic E-state index is -0.545. The van der Waals surface area contributed by atoms with Crippen LogP contribution in [0.25, 0.3) is 0 Å². The van der Waals surface area contributed by atoms with Crippen LogP contribution in [0.2, 0.25) is 5.02 Å². The predicted molar refractivity (Wildman–Crippen MR) is 72.8 cm³/mol. The highest BCUT2D eigenvalue weighted by Crippen LogP contribution is 2.35. The average Bonchev–Trinajstić information content (AvgIpc) is 2.18. The van der Waals surface area contributed by atoms with Crippen LogP contribution in [0.5, 0.6) is 0 Å². The lowest BCUT2D eigenvalue weighted by Gasteiger charge is -2.20. The highest BCUT2D eigenvalue weighted by Gasteiger charge is 2.16. The van der Waals surface area contributed by atoms with Crippen molar-refractivity contribution in [1.82, 2.24) is 0 Å². The summed E-state index contributed by atoms with van der Waals surface area (Å²) in [4.78, 5) is 11.1. The van der Waals surface area contributed by atoms with E-state index in [1.165, 1.54) is 0 Å². The Morgan fingerprint density at radius 3 is 1.88 bits per heavy atom. The third-order valence-electron chi connectivity index (χ3n) is 2.66. The van der Waals surface area contributed by atoms with Gasteiger partial charge in [-0.15, -0.1) is 0 Å². The Labute approximate surface area is 107 Å². The molecule has 1 rings (SSSR count). The smallest absolute Gasteiger partial charge is 0.316 e. The minimum absolute atomic E-state index is 0.271. The van der Waals surface area contributed by atoms with E-state index in [9.17, 15) is 4.79 Å². The molecule has 0 aliphatic heterocycles. The zero-order chi connectivity index (χ0) is 13.2. The van der Waals surface area contributed by atoms with E-state index in [-0.39, 0.29) is 11.8 Å². The van der Waals surface area contributed by atoms with Crippen molar-refractivity contribution < 1.29 is 4.79 Å². The average molecular weight is 255 g/mol. The van der Waals surface area contributed by atoms with Gasteiger partial charge in [0, 0.05) is 10.7 Å². The number of anilines is 1. The molecule has 94 valence electrons. The van der Waals surface area contributed by atoms with Gasteiger partial charge in [-0.1, -0.05) is 39.3 Å². The van der Waals surface area contributed by atoms with Crippen molar-refractivity contribution in [3.8, 4) is 0 Å². The van der Waals surface area contributed by atoms with Gasteiger partial charge in [0.25, 0.3) is 0 Å². The van der Waals surface area contributed by atoms with Gasteiger partial charge in [0.15, 0.2) is 0 Å².